The van der Waals surface area contributed by atoms with E-state index in [1.807, 2.05) is 13.8 Å². The van der Waals surface area contributed by atoms with Gasteiger partial charge in [0.15, 0.2) is 0 Å². The SMILES string of the molecule is C[C@H]1CN(S(=O)(=O)c2ccc(C(=O)NCC(=O)N(C)C)cc2)C[C@H](C)O1. The third-order valence-electron chi connectivity index (χ3n) is 4.04. The molecule has 1 fully saturated rings. The third-order valence-corrected chi connectivity index (χ3v) is 5.89. The van der Waals surface area contributed by atoms with Gasteiger partial charge in [0.1, 0.15) is 0 Å². The standard InChI is InChI=1S/C17H25N3O5S/c1-12-10-20(11-13(2)25-12)26(23,24)15-7-5-14(6-8-15)17(22)18-9-16(21)19(3)4/h5-8,12-13H,9-11H2,1-4H3,(H,18,22)/t12-,13-/m0/s1. The first-order chi connectivity index (χ1) is 12.1. The van der Waals surface area contributed by atoms with Crippen LogP contribution in [-0.4, -0.2) is 75.4 Å². The van der Waals surface area contributed by atoms with E-state index in [0.29, 0.717) is 18.7 Å². The molecular formula is C17H25N3O5S. The lowest BCUT2D eigenvalue weighted by Crippen LogP contribution is -2.48. The highest BCUT2D eigenvalue weighted by molar-refractivity contribution is 7.89. The molecule has 0 spiro atoms. The highest BCUT2D eigenvalue weighted by Gasteiger charge is 2.32. The Morgan fingerprint density at radius 1 is 1.15 bits per heavy atom. The second kappa shape index (κ2) is 8.15. The molecule has 2 rings (SSSR count). The summed E-state index contributed by atoms with van der Waals surface area (Å²) in [5, 5.41) is 2.51. The minimum Gasteiger partial charge on any atom is -0.373 e. The maximum atomic E-state index is 12.8. The van der Waals surface area contributed by atoms with Gasteiger partial charge >= 0.3 is 0 Å². The van der Waals surface area contributed by atoms with Crippen molar-refractivity contribution in [2.45, 2.75) is 31.0 Å². The van der Waals surface area contributed by atoms with Crippen molar-refractivity contribution in [3.8, 4) is 0 Å². The molecule has 0 unspecified atom stereocenters. The van der Waals surface area contributed by atoms with E-state index in [2.05, 4.69) is 5.32 Å². The molecule has 2 atom stereocenters. The predicted molar refractivity (Wildman–Crippen MR) is 96.2 cm³/mol. The van der Waals surface area contributed by atoms with Crippen LogP contribution in [0.15, 0.2) is 29.2 Å². The summed E-state index contributed by atoms with van der Waals surface area (Å²) in [5.74, 6) is -0.661. The Morgan fingerprint density at radius 2 is 1.69 bits per heavy atom. The van der Waals surface area contributed by atoms with Crippen LogP contribution in [0, 0.1) is 0 Å². The molecule has 8 nitrogen and oxygen atoms in total. The minimum atomic E-state index is -3.65. The third kappa shape index (κ3) is 4.80. The van der Waals surface area contributed by atoms with Crippen molar-refractivity contribution in [1.29, 1.82) is 0 Å². The number of hydrogen-bond acceptors (Lipinski definition) is 5. The van der Waals surface area contributed by atoms with E-state index in [4.69, 9.17) is 4.74 Å². The largest absolute Gasteiger partial charge is 0.373 e. The van der Waals surface area contributed by atoms with Gasteiger partial charge in [0.05, 0.1) is 23.6 Å². The van der Waals surface area contributed by atoms with Gasteiger partial charge < -0.3 is 15.0 Å². The summed E-state index contributed by atoms with van der Waals surface area (Å²) in [6, 6.07) is 5.69. The Bertz CT molecular complexity index is 751. The van der Waals surface area contributed by atoms with Crippen molar-refractivity contribution in [2.24, 2.45) is 0 Å². The van der Waals surface area contributed by atoms with Crippen LogP contribution in [0.5, 0.6) is 0 Å². The second-order valence-corrected chi connectivity index (χ2v) is 8.51. The van der Waals surface area contributed by atoms with Gasteiger partial charge in [-0.2, -0.15) is 4.31 Å². The van der Waals surface area contributed by atoms with Gasteiger partial charge in [0.25, 0.3) is 5.91 Å². The average molecular weight is 383 g/mol. The zero-order chi connectivity index (χ0) is 19.5. The lowest BCUT2D eigenvalue weighted by atomic mass is 10.2. The zero-order valence-electron chi connectivity index (χ0n) is 15.4. The number of morpholine rings is 1. The Hall–Kier alpha value is -1.97. The number of amides is 2. The zero-order valence-corrected chi connectivity index (χ0v) is 16.2. The molecule has 1 aromatic carbocycles. The monoisotopic (exact) mass is 383 g/mol. The van der Waals surface area contributed by atoms with Crippen LogP contribution in [0.25, 0.3) is 0 Å². The Labute approximate surface area is 154 Å². The van der Waals surface area contributed by atoms with Crippen molar-refractivity contribution in [3.63, 3.8) is 0 Å². The molecule has 0 radical (unpaired) electrons. The molecule has 1 heterocycles. The van der Waals surface area contributed by atoms with E-state index in [1.54, 1.807) is 14.1 Å². The van der Waals surface area contributed by atoms with Gasteiger partial charge in [-0.3, -0.25) is 9.59 Å². The van der Waals surface area contributed by atoms with Gasteiger partial charge in [0.2, 0.25) is 15.9 Å². The second-order valence-electron chi connectivity index (χ2n) is 6.57. The quantitative estimate of drug-likeness (QED) is 0.789. The number of sulfonamides is 1. The van der Waals surface area contributed by atoms with E-state index >= 15 is 0 Å². The molecule has 9 heteroatoms. The molecule has 0 saturated carbocycles. The Kier molecular flexibility index (Phi) is 6.38. The van der Waals surface area contributed by atoms with Gasteiger partial charge in [-0.15, -0.1) is 0 Å². The number of nitrogens with one attached hydrogen (secondary N) is 1. The average Bonchev–Trinajstić information content (AvgIpc) is 2.58. The minimum absolute atomic E-state index is 0.116. The summed E-state index contributed by atoms with van der Waals surface area (Å²) in [6.45, 7) is 4.14. The van der Waals surface area contributed by atoms with E-state index in [0.717, 1.165) is 0 Å². The summed E-state index contributed by atoms with van der Waals surface area (Å²) in [5.41, 5.74) is 0.291. The molecule has 26 heavy (non-hydrogen) atoms. The smallest absolute Gasteiger partial charge is 0.251 e. The molecule has 1 N–H and O–H groups in total. The van der Waals surface area contributed by atoms with E-state index < -0.39 is 15.9 Å². The van der Waals surface area contributed by atoms with Gasteiger partial charge in [-0.1, -0.05) is 0 Å². The number of nitrogens with zero attached hydrogens (tertiary/aromatic N) is 2. The highest BCUT2D eigenvalue weighted by Crippen LogP contribution is 2.21. The summed E-state index contributed by atoms with van der Waals surface area (Å²) >= 11 is 0. The maximum Gasteiger partial charge on any atom is 0.251 e. The van der Waals surface area contributed by atoms with Crippen LogP contribution in [-0.2, 0) is 19.6 Å². The molecule has 0 bridgehead atoms. The number of carbonyl (C=O) groups excluding carboxylic acids is 2. The normalized spacial score (nSPS) is 21.2. The number of ether oxygens (including phenoxy) is 1. The number of rotatable bonds is 5. The molecule has 1 aliphatic heterocycles. The predicted octanol–water partition coefficient (Wildman–Crippen LogP) is 0.303. The van der Waals surface area contributed by atoms with Crippen LogP contribution in [0.4, 0.5) is 0 Å². The summed E-state index contributed by atoms with van der Waals surface area (Å²) < 4.78 is 32.5. The van der Waals surface area contributed by atoms with Crippen LogP contribution in [0.3, 0.4) is 0 Å². The maximum absolute atomic E-state index is 12.8. The Balaban J connectivity index is 2.08. The van der Waals surface area contributed by atoms with Crippen molar-refractivity contribution >= 4 is 21.8 Å². The molecule has 2 amide bonds. The fraction of sp³-hybridized carbons (Fsp3) is 0.529. The van der Waals surface area contributed by atoms with Crippen molar-refractivity contribution in [2.75, 3.05) is 33.7 Å². The molecular weight excluding hydrogens is 358 g/mol. The van der Waals surface area contributed by atoms with Gasteiger partial charge in [0, 0.05) is 32.7 Å². The van der Waals surface area contributed by atoms with Gasteiger partial charge in [-0.25, -0.2) is 8.42 Å². The summed E-state index contributed by atoms with van der Waals surface area (Å²) in [7, 11) is -0.449. The van der Waals surface area contributed by atoms with E-state index in [9.17, 15) is 18.0 Å². The van der Waals surface area contributed by atoms with Crippen LogP contribution in [0.1, 0.15) is 24.2 Å². The fourth-order valence-corrected chi connectivity index (χ4v) is 4.26. The molecule has 1 aliphatic rings. The highest BCUT2D eigenvalue weighted by atomic mass is 32.2. The van der Waals surface area contributed by atoms with E-state index in [-0.39, 0.29) is 29.6 Å². The molecule has 1 saturated heterocycles. The molecule has 144 valence electrons. The summed E-state index contributed by atoms with van der Waals surface area (Å²) in [6.07, 6.45) is -0.347. The summed E-state index contributed by atoms with van der Waals surface area (Å²) in [4.78, 5) is 25.1. The first-order valence-electron chi connectivity index (χ1n) is 8.35. The number of hydrogen-bond donors (Lipinski definition) is 1. The van der Waals surface area contributed by atoms with E-state index in [1.165, 1.54) is 33.5 Å². The molecule has 0 aliphatic carbocycles. The molecule has 1 aromatic rings. The number of benzene rings is 1. The topological polar surface area (TPSA) is 96.0 Å². The lowest BCUT2D eigenvalue weighted by Gasteiger charge is -2.34. The van der Waals surface area contributed by atoms with Crippen LogP contribution in [0.2, 0.25) is 0 Å². The Morgan fingerprint density at radius 3 is 2.19 bits per heavy atom. The number of carbonyl (C=O) groups is 2. The molecule has 0 aromatic heterocycles. The first kappa shape index (κ1) is 20.3. The van der Waals surface area contributed by atoms with Crippen molar-refractivity contribution in [3.05, 3.63) is 29.8 Å². The van der Waals surface area contributed by atoms with Crippen LogP contribution < -0.4 is 5.32 Å². The van der Waals surface area contributed by atoms with Crippen LogP contribution >= 0.6 is 0 Å². The van der Waals surface area contributed by atoms with Gasteiger partial charge in [-0.05, 0) is 38.1 Å². The van der Waals surface area contributed by atoms with Crippen molar-refractivity contribution in [1.82, 2.24) is 14.5 Å². The lowest BCUT2D eigenvalue weighted by molar-refractivity contribution is -0.127. The number of likely N-dealkylation sites (N-methyl/N-ethyl adjacent to an activating group) is 1. The van der Waals surface area contributed by atoms with Crippen molar-refractivity contribution < 1.29 is 22.7 Å². The fourth-order valence-electron chi connectivity index (χ4n) is 2.67. The first-order valence-corrected chi connectivity index (χ1v) is 9.79.